The molecule has 0 aliphatic heterocycles. The Morgan fingerprint density at radius 3 is 2.06 bits per heavy atom. The molecular formula is C11H20F3N3. The summed E-state index contributed by atoms with van der Waals surface area (Å²) in [6.07, 6.45) is -4.23. The molecule has 0 rings (SSSR count). The molecule has 1 unspecified atom stereocenters. The van der Waals surface area contributed by atoms with E-state index in [2.05, 4.69) is 5.32 Å². The van der Waals surface area contributed by atoms with Gasteiger partial charge in [-0.05, 0) is 27.7 Å². The van der Waals surface area contributed by atoms with Crippen LogP contribution in [0.25, 0.3) is 0 Å². The molecule has 0 saturated heterocycles. The van der Waals surface area contributed by atoms with Gasteiger partial charge in [-0.15, -0.1) is 0 Å². The summed E-state index contributed by atoms with van der Waals surface area (Å²) in [4.78, 5) is 1.25. The molecule has 0 amide bonds. The van der Waals surface area contributed by atoms with Gasteiger partial charge in [0.2, 0.25) is 0 Å². The molecule has 0 heterocycles. The molecule has 0 bridgehead atoms. The maximum Gasteiger partial charge on any atom is 0.401 e. The molecule has 0 radical (unpaired) electrons. The van der Waals surface area contributed by atoms with E-state index in [4.69, 9.17) is 5.26 Å². The molecule has 0 fully saturated rings. The van der Waals surface area contributed by atoms with Crippen molar-refractivity contribution in [3.63, 3.8) is 0 Å². The number of halogens is 3. The van der Waals surface area contributed by atoms with Crippen LogP contribution in [-0.2, 0) is 0 Å². The van der Waals surface area contributed by atoms with Crippen LogP contribution >= 0.6 is 0 Å². The van der Waals surface area contributed by atoms with Crippen molar-refractivity contribution in [2.75, 3.05) is 13.1 Å². The summed E-state index contributed by atoms with van der Waals surface area (Å²) in [5, 5.41) is 11.8. The number of nitriles is 1. The van der Waals surface area contributed by atoms with Crippen molar-refractivity contribution in [3.8, 4) is 6.07 Å². The van der Waals surface area contributed by atoms with E-state index in [1.807, 2.05) is 19.9 Å². The first kappa shape index (κ1) is 16.2. The third-order valence-corrected chi connectivity index (χ3v) is 2.22. The molecule has 0 saturated carbocycles. The zero-order valence-corrected chi connectivity index (χ0v) is 10.7. The lowest BCUT2D eigenvalue weighted by Gasteiger charge is -2.30. The van der Waals surface area contributed by atoms with Crippen LogP contribution in [0.15, 0.2) is 0 Å². The Hall–Kier alpha value is -0.800. The van der Waals surface area contributed by atoms with Gasteiger partial charge in [-0.2, -0.15) is 18.4 Å². The number of nitrogens with one attached hydrogen (secondary N) is 1. The van der Waals surface area contributed by atoms with Gasteiger partial charge in [0.25, 0.3) is 0 Å². The van der Waals surface area contributed by atoms with E-state index in [-0.39, 0.29) is 18.6 Å². The van der Waals surface area contributed by atoms with Gasteiger partial charge in [-0.25, -0.2) is 0 Å². The predicted octanol–water partition coefficient (Wildman–Crippen LogP) is 2.15. The normalized spacial score (nSPS) is 14.4. The average molecular weight is 251 g/mol. The van der Waals surface area contributed by atoms with Gasteiger partial charge in [-0.1, -0.05) is 0 Å². The van der Waals surface area contributed by atoms with Crippen LogP contribution < -0.4 is 5.32 Å². The zero-order chi connectivity index (χ0) is 13.6. The van der Waals surface area contributed by atoms with Gasteiger partial charge in [0.15, 0.2) is 0 Å². The van der Waals surface area contributed by atoms with Crippen molar-refractivity contribution in [2.45, 2.75) is 52.0 Å². The lowest BCUT2D eigenvalue weighted by molar-refractivity contribution is -0.149. The van der Waals surface area contributed by atoms with Crippen LogP contribution in [0.1, 0.15) is 27.7 Å². The number of hydrogen-bond donors (Lipinski definition) is 1. The topological polar surface area (TPSA) is 39.1 Å². The fraction of sp³-hybridized carbons (Fsp3) is 0.909. The summed E-state index contributed by atoms with van der Waals surface area (Å²) in [7, 11) is 0. The Morgan fingerprint density at radius 2 is 1.76 bits per heavy atom. The molecule has 3 nitrogen and oxygen atoms in total. The van der Waals surface area contributed by atoms with Gasteiger partial charge in [0.05, 0.1) is 12.6 Å². The van der Waals surface area contributed by atoms with Crippen molar-refractivity contribution in [1.29, 1.82) is 5.26 Å². The van der Waals surface area contributed by atoms with Crippen molar-refractivity contribution in [2.24, 2.45) is 0 Å². The average Bonchev–Trinajstić information content (AvgIpc) is 2.12. The molecule has 0 aromatic heterocycles. The number of rotatable bonds is 6. The van der Waals surface area contributed by atoms with Crippen molar-refractivity contribution < 1.29 is 13.2 Å². The van der Waals surface area contributed by atoms with E-state index >= 15 is 0 Å². The highest BCUT2D eigenvalue weighted by Crippen LogP contribution is 2.18. The predicted molar refractivity (Wildman–Crippen MR) is 60.4 cm³/mol. The van der Waals surface area contributed by atoms with Gasteiger partial charge in [-0.3, -0.25) is 10.2 Å². The lowest BCUT2D eigenvalue weighted by Crippen LogP contribution is -2.48. The van der Waals surface area contributed by atoms with E-state index in [0.29, 0.717) is 0 Å². The fourth-order valence-corrected chi connectivity index (χ4v) is 1.46. The zero-order valence-electron chi connectivity index (χ0n) is 10.7. The van der Waals surface area contributed by atoms with Crippen LogP contribution in [0.2, 0.25) is 0 Å². The minimum atomic E-state index is -4.23. The maximum atomic E-state index is 12.3. The quantitative estimate of drug-likeness (QED) is 0.786. The molecule has 17 heavy (non-hydrogen) atoms. The Morgan fingerprint density at radius 1 is 1.24 bits per heavy atom. The Labute approximate surface area is 101 Å². The monoisotopic (exact) mass is 251 g/mol. The van der Waals surface area contributed by atoms with E-state index in [1.54, 1.807) is 13.8 Å². The summed E-state index contributed by atoms with van der Waals surface area (Å²) >= 11 is 0. The van der Waals surface area contributed by atoms with E-state index in [0.717, 1.165) is 0 Å². The molecule has 1 N–H and O–H groups in total. The van der Waals surface area contributed by atoms with Crippen LogP contribution in [0.3, 0.4) is 0 Å². The van der Waals surface area contributed by atoms with Gasteiger partial charge < -0.3 is 0 Å². The van der Waals surface area contributed by atoms with Crippen molar-refractivity contribution >= 4 is 0 Å². The second-order valence-electron chi connectivity index (χ2n) is 4.64. The highest BCUT2D eigenvalue weighted by molar-refractivity contribution is 4.93. The number of hydrogen-bond acceptors (Lipinski definition) is 3. The fourth-order valence-electron chi connectivity index (χ4n) is 1.46. The van der Waals surface area contributed by atoms with Crippen LogP contribution in [0.5, 0.6) is 0 Å². The summed E-state index contributed by atoms with van der Waals surface area (Å²) in [5.41, 5.74) is 0. The second-order valence-corrected chi connectivity index (χ2v) is 4.64. The smallest absolute Gasteiger partial charge is 0.299 e. The molecule has 0 aromatic carbocycles. The van der Waals surface area contributed by atoms with Crippen molar-refractivity contribution in [3.05, 3.63) is 0 Å². The molecule has 0 aliphatic rings. The number of nitrogens with zero attached hydrogens (tertiary/aromatic N) is 2. The van der Waals surface area contributed by atoms with E-state index < -0.39 is 18.8 Å². The third kappa shape index (κ3) is 8.00. The SMILES string of the molecule is CC(C)NC(C#N)CN(CC(F)(F)F)C(C)C. The Kier molecular flexibility index (Phi) is 6.50. The minimum Gasteiger partial charge on any atom is -0.299 e. The van der Waals surface area contributed by atoms with Crippen LogP contribution in [-0.4, -0.2) is 42.3 Å². The molecule has 0 aromatic rings. The first-order valence-electron chi connectivity index (χ1n) is 5.62. The highest BCUT2D eigenvalue weighted by Gasteiger charge is 2.32. The van der Waals surface area contributed by atoms with Gasteiger partial charge in [0.1, 0.15) is 6.04 Å². The Bertz CT molecular complexity index is 256. The Balaban J connectivity index is 4.48. The van der Waals surface area contributed by atoms with Gasteiger partial charge in [0, 0.05) is 18.6 Å². The first-order valence-corrected chi connectivity index (χ1v) is 5.62. The van der Waals surface area contributed by atoms with Crippen molar-refractivity contribution in [1.82, 2.24) is 10.2 Å². The molecule has 6 heteroatoms. The second kappa shape index (κ2) is 6.82. The highest BCUT2D eigenvalue weighted by atomic mass is 19.4. The molecule has 100 valence electrons. The maximum absolute atomic E-state index is 12.3. The minimum absolute atomic E-state index is 0.0690. The lowest BCUT2D eigenvalue weighted by atomic mass is 10.2. The summed E-state index contributed by atoms with van der Waals surface area (Å²) < 4.78 is 37.0. The molecule has 1 atom stereocenters. The number of alkyl halides is 3. The first-order chi connectivity index (χ1) is 7.65. The molecule has 0 spiro atoms. The summed E-state index contributed by atoms with van der Waals surface area (Å²) in [5.74, 6) is 0. The standard InChI is InChI=1S/C11H20F3N3/c1-8(2)16-10(5-15)6-17(9(3)4)7-11(12,13)14/h8-10,16H,6-7H2,1-4H3. The largest absolute Gasteiger partial charge is 0.401 e. The third-order valence-electron chi connectivity index (χ3n) is 2.22. The van der Waals surface area contributed by atoms with E-state index in [9.17, 15) is 13.2 Å². The van der Waals surface area contributed by atoms with Crippen LogP contribution in [0, 0.1) is 11.3 Å². The summed E-state index contributed by atoms with van der Waals surface area (Å²) in [6, 6.07) is 1.22. The van der Waals surface area contributed by atoms with Crippen LogP contribution in [0.4, 0.5) is 13.2 Å². The molecular weight excluding hydrogens is 231 g/mol. The van der Waals surface area contributed by atoms with Gasteiger partial charge >= 0.3 is 6.18 Å². The van der Waals surface area contributed by atoms with E-state index in [1.165, 1.54) is 4.90 Å². The molecule has 0 aliphatic carbocycles. The summed E-state index contributed by atoms with van der Waals surface area (Å²) in [6.45, 7) is 6.18.